The van der Waals surface area contributed by atoms with E-state index in [0.717, 1.165) is 11.3 Å². The SMILES string of the molecule is Cc1ccc(NC(=O)c2cccc(NC(=O)c3cccs3)c2)cc1. The quantitative estimate of drug-likeness (QED) is 0.734. The van der Waals surface area contributed by atoms with Gasteiger partial charge < -0.3 is 10.6 Å². The van der Waals surface area contributed by atoms with Crippen molar-refractivity contribution in [3.05, 3.63) is 82.0 Å². The van der Waals surface area contributed by atoms with E-state index in [1.807, 2.05) is 42.6 Å². The Morgan fingerprint density at radius 2 is 1.58 bits per heavy atom. The van der Waals surface area contributed by atoms with Gasteiger partial charge in [0.1, 0.15) is 0 Å². The van der Waals surface area contributed by atoms with E-state index in [9.17, 15) is 9.59 Å². The zero-order valence-corrected chi connectivity index (χ0v) is 13.9. The lowest BCUT2D eigenvalue weighted by Crippen LogP contribution is -2.14. The molecule has 1 aromatic heterocycles. The van der Waals surface area contributed by atoms with E-state index in [4.69, 9.17) is 0 Å². The van der Waals surface area contributed by atoms with Gasteiger partial charge in [0.15, 0.2) is 0 Å². The van der Waals surface area contributed by atoms with Gasteiger partial charge in [-0.1, -0.05) is 29.8 Å². The van der Waals surface area contributed by atoms with E-state index in [1.165, 1.54) is 11.3 Å². The number of hydrogen-bond acceptors (Lipinski definition) is 3. The highest BCUT2D eigenvalue weighted by molar-refractivity contribution is 7.12. The maximum absolute atomic E-state index is 12.3. The molecule has 3 aromatic rings. The van der Waals surface area contributed by atoms with Gasteiger partial charge in [-0.05, 0) is 48.7 Å². The summed E-state index contributed by atoms with van der Waals surface area (Å²) in [6, 6.07) is 18.0. The molecule has 0 spiro atoms. The molecule has 0 bridgehead atoms. The largest absolute Gasteiger partial charge is 0.322 e. The Hall–Kier alpha value is -2.92. The molecule has 5 heteroatoms. The van der Waals surface area contributed by atoms with Gasteiger partial charge in [0.05, 0.1) is 4.88 Å². The van der Waals surface area contributed by atoms with Crippen LogP contribution in [0.1, 0.15) is 25.6 Å². The summed E-state index contributed by atoms with van der Waals surface area (Å²) in [4.78, 5) is 25.1. The van der Waals surface area contributed by atoms with Crippen LogP contribution >= 0.6 is 11.3 Å². The number of anilines is 2. The summed E-state index contributed by atoms with van der Waals surface area (Å²) in [5.41, 5.74) is 2.94. The van der Waals surface area contributed by atoms with Gasteiger partial charge in [-0.25, -0.2) is 0 Å². The topological polar surface area (TPSA) is 58.2 Å². The Kier molecular flexibility index (Phi) is 4.72. The van der Waals surface area contributed by atoms with E-state index in [2.05, 4.69) is 10.6 Å². The number of carbonyl (C=O) groups is 2. The molecule has 0 aliphatic heterocycles. The molecular formula is C19H16N2O2S. The fourth-order valence-corrected chi connectivity index (χ4v) is 2.80. The number of hydrogen-bond donors (Lipinski definition) is 2. The molecule has 0 atom stereocenters. The Balaban J connectivity index is 1.71. The predicted octanol–water partition coefficient (Wildman–Crippen LogP) is 4.56. The van der Waals surface area contributed by atoms with Crippen molar-refractivity contribution in [1.82, 2.24) is 0 Å². The fourth-order valence-electron chi connectivity index (χ4n) is 2.18. The Morgan fingerprint density at radius 1 is 0.833 bits per heavy atom. The molecule has 120 valence electrons. The molecule has 0 saturated heterocycles. The van der Waals surface area contributed by atoms with Crippen molar-refractivity contribution >= 4 is 34.5 Å². The minimum Gasteiger partial charge on any atom is -0.322 e. The van der Waals surface area contributed by atoms with E-state index in [0.29, 0.717) is 16.1 Å². The smallest absolute Gasteiger partial charge is 0.265 e. The number of amides is 2. The molecule has 24 heavy (non-hydrogen) atoms. The lowest BCUT2D eigenvalue weighted by atomic mass is 10.1. The summed E-state index contributed by atoms with van der Waals surface area (Å²) >= 11 is 1.37. The summed E-state index contributed by atoms with van der Waals surface area (Å²) in [5, 5.41) is 7.49. The van der Waals surface area contributed by atoms with Crippen LogP contribution in [-0.2, 0) is 0 Å². The second kappa shape index (κ2) is 7.10. The number of carbonyl (C=O) groups excluding carboxylic acids is 2. The third kappa shape index (κ3) is 3.88. The van der Waals surface area contributed by atoms with Gasteiger partial charge in [-0.2, -0.15) is 0 Å². The molecule has 0 saturated carbocycles. The molecule has 0 aliphatic rings. The first-order chi connectivity index (χ1) is 11.6. The maximum Gasteiger partial charge on any atom is 0.265 e. The predicted molar refractivity (Wildman–Crippen MR) is 97.8 cm³/mol. The minimum atomic E-state index is -0.217. The normalized spacial score (nSPS) is 10.2. The van der Waals surface area contributed by atoms with Crippen molar-refractivity contribution < 1.29 is 9.59 Å². The molecule has 4 nitrogen and oxygen atoms in total. The van der Waals surface area contributed by atoms with Gasteiger partial charge in [0.2, 0.25) is 0 Å². The number of nitrogens with one attached hydrogen (secondary N) is 2. The summed E-state index contributed by atoms with van der Waals surface area (Å²) in [7, 11) is 0. The van der Waals surface area contributed by atoms with Crippen molar-refractivity contribution in [3.8, 4) is 0 Å². The number of aryl methyl sites for hydroxylation is 1. The second-order valence-corrected chi connectivity index (χ2v) is 6.28. The minimum absolute atomic E-state index is 0.180. The van der Waals surface area contributed by atoms with Crippen LogP contribution in [0.25, 0.3) is 0 Å². The van der Waals surface area contributed by atoms with E-state index in [1.54, 1.807) is 30.3 Å². The third-order valence-electron chi connectivity index (χ3n) is 3.44. The van der Waals surface area contributed by atoms with Gasteiger partial charge in [-0.15, -0.1) is 11.3 Å². The highest BCUT2D eigenvalue weighted by Gasteiger charge is 2.10. The van der Waals surface area contributed by atoms with Gasteiger partial charge >= 0.3 is 0 Å². The van der Waals surface area contributed by atoms with Crippen molar-refractivity contribution in [2.24, 2.45) is 0 Å². The highest BCUT2D eigenvalue weighted by Crippen LogP contribution is 2.16. The molecule has 2 amide bonds. The summed E-state index contributed by atoms with van der Waals surface area (Å²) in [6.45, 7) is 1.99. The van der Waals surface area contributed by atoms with Crippen LogP contribution in [0.15, 0.2) is 66.0 Å². The standard InChI is InChI=1S/C19H16N2O2S/c1-13-7-9-15(10-8-13)20-18(22)14-4-2-5-16(12-14)21-19(23)17-6-3-11-24-17/h2-12H,1H3,(H,20,22)(H,21,23). The molecule has 2 aromatic carbocycles. The second-order valence-electron chi connectivity index (χ2n) is 5.33. The van der Waals surface area contributed by atoms with E-state index >= 15 is 0 Å². The van der Waals surface area contributed by atoms with Crippen molar-refractivity contribution in [3.63, 3.8) is 0 Å². The van der Waals surface area contributed by atoms with E-state index in [-0.39, 0.29) is 11.8 Å². The van der Waals surface area contributed by atoms with Crippen LogP contribution in [0.4, 0.5) is 11.4 Å². The van der Waals surface area contributed by atoms with Gasteiger partial charge in [0, 0.05) is 16.9 Å². The number of thiophene rings is 1. The van der Waals surface area contributed by atoms with Crippen LogP contribution in [0.5, 0.6) is 0 Å². The molecule has 0 radical (unpaired) electrons. The molecular weight excluding hydrogens is 320 g/mol. The Labute approximate surface area is 144 Å². The third-order valence-corrected chi connectivity index (χ3v) is 4.31. The Bertz CT molecular complexity index is 855. The van der Waals surface area contributed by atoms with Crippen molar-refractivity contribution in [1.29, 1.82) is 0 Å². The van der Waals surface area contributed by atoms with Crippen molar-refractivity contribution in [2.45, 2.75) is 6.92 Å². The molecule has 0 unspecified atom stereocenters. The lowest BCUT2D eigenvalue weighted by Gasteiger charge is -2.08. The van der Waals surface area contributed by atoms with Crippen LogP contribution in [0.3, 0.4) is 0 Å². The van der Waals surface area contributed by atoms with Crippen LogP contribution in [0, 0.1) is 6.92 Å². The molecule has 1 heterocycles. The first-order valence-electron chi connectivity index (χ1n) is 7.45. The Morgan fingerprint density at radius 3 is 2.29 bits per heavy atom. The number of rotatable bonds is 4. The zero-order valence-electron chi connectivity index (χ0n) is 13.1. The lowest BCUT2D eigenvalue weighted by molar-refractivity contribution is 0.101. The van der Waals surface area contributed by atoms with Gasteiger partial charge in [-0.3, -0.25) is 9.59 Å². The summed E-state index contributed by atoms with van der Waals surface area (Å²) in [6.07, 6.45) is 0. The number of benzene rings is 2. The van der Waals surface area contributed by atoms with E-state index < -0.39 is 0 Å². The molecule has 0 aliphatic carbocycles. The highest BCUT2D eigenvalue weighted by atomic mass is 32.1. The van der Waals surface area contributed by atoms with Crippen molar-refractivity contribution in [2.75, 3.05) is 10.6 Å². The summed E-state index contributed by atoms with van der Waals surface area (Å²) < 4.78 is 0. The summed E-state index contributed by atoms with van der Waals surface area (Å²) in [5.74, 6) is -0.396. The van der Waals surface area contributed by atoms with Crippen LogP contribution in [0.2, 0.25) is 0 Å². The fraction of sp³-hybridized carbons (Fsp3) is 0.0526. The first kappa shape index (κ1) is 16.0. The molecule has 0 fully saturated rings. The first-order valence-corrected chi connectivity index (χ1v) is 8.33. The molecule has 2 N–H and O–H groups in total. The average molecular weight is 336 g/mol. The monoisotopic (exact) mass is 336 g/mol. The maximum atomic E-state index is 12.3. The average Bonchev–Trinajstić information content (AvgIpc) is 3.12. The molecule has 3 rings (SSSR count). The van der Waals surface area contributed by atoms with Crippen LogP contribution in [-0.4, -0.2) is 11.8 Å². The van der Waals surface area contributed by atoms with Crippen LogP contribution < -0.4 is 10.6 Å². The zero-order chi connectivity index (χ0) is 16.9. The van der Waals surface area contributed by atoms with Gasteiger partial charge in [0.25, 0.3) is 11.8 Å².